The lowest BCUT2D eigenvalue weighted by atomic mass is 10.0. The first kappa shape index (κ1) is 16.4. The van der Waals surface area contributed by atoms with E-state index in [0.29, 0.717) is 24.5 Å². The van der Waals surface area contributed by atoms with E-state index in [2.05, 4.69) is 4.90 Å². The molecule has 0 spiro atoms. The summed E-state index contributed by atoms with van der Waals surface area (Å²) in [4.78, 5) is 2.43. The van der Waals surface area contributed by atoms with Crippen LogP contribution >= 0.6 is 0 Å². The van der Waals surface area contributed by atoms with Gasteiger partial charge < -0.3 is 10.6 Å². The first-order valence-corrected chi connectivity index (χ1v) is 8.81. The summed E-state index contributed by atoms with van der Waals surface area (Å²) >= 11 is 0. The Kier molecular flexibility index (Phi) is 5.37. The minimum absolute atomic E-state index is 0.279. The number of piperidine rings is 1. The summed E-state index contributed by atoms with van der Waals surface area (Å²) in [6.07, 6.45) is 1.91. The third kappa shape index (κ3) is 4.03. The molecule has 2 rings (SSSR count). The van der Waals surface area contributed by atoms with Gasteiger partial charge in [0.15, 0.2) is 0 Å². The number of nitrogens with two attached hydrogens (primary N) is 1. The summed E-state index contributed by atoms with van der Waals surface area (Å²) in [5.74, 6) is 0.279. The zero-order valence-corrected chi connectivity index (χ0v) is 13.6. The van der Waals surface area contributed by atoms with Gasteiger partial charge in [-0.2, -0.15) is 4.31 Å². The molecular formula is C15H25N3O2S. The van der Waals surface area contributed by atoms with Crippen molar-refractivity contribution in [1.29, 1.82) is 0 Å². The van der Waals surface area contributed by atoms with E-state index in [-0.39, 0.29) is 5.92 Å². The standard InChI is InChI=1S/C15H25N3O2S/c1-17(2)11-13-5-7-15(8-6-13)21(19,20)18-9-3-4-14(10-16)12-18/h5-8,14H,3-4,9-12,16H2,1-2H3. The zero-order chi connectivity index (χ0) is 15.5. The lowest BCUT2D eigenvalue weighted by molar-refractivity contribution is 0.271. The molecule has 0 amide bonds. The van der Waals surface area contributed by atoms with Gasteiger partial charge in [0.2, 0.25) is 10.0 Å². The SMILES string of the molecule is CN(C)Cc1ccc(S(=O)(=O)N2CCCC(CN)C2)cc1. The molecule has 0 saturated carbocycles. The molecule has 1 fully saturated rings. The fraction of sp³-hybridized carbons (Fsp3) is 0.600. The van der Waals surface area contributed by atoms with Crippen molar-refractivity contribution >= 4 is 10.0 Å². The van der Waals surface area contributed by atoms with Crippen molar-refractivity contribution in [2.45, 2.75) is 24.3 Å². The third-order valence-corrected chi connectivity index (χ3v) is 5.75. The predicted octanol–water partition coefficient (Wildman–Crippen LogP) is 1.11. The van der Waals surface area contributed by atoms with Crippen molar-refractivity contribution in [2.75, 3.05) is 33.7 Å². The van der Waals surface area contributed by atoms with Gasteiger partial charge in [-0.05, 0) is 57.1 Å². The number of hydrogen-bond acceptors (Lipinski definition) is 4. The van der Waals surface area contributed by atoms with E-state index in [9.17, 15) is 8.42 Å². The second-order valence-corrected chi connectivity index (χ2v) is 7.93. The van der Waals surface area contributed by atoms with Crippen LogP contribution in [0.4, 0.5) is 0 Å². The van der Waals surface area contributed by atoms with E-state index in [0.717, 1.165) is 24.9 Å². The molecule has 1 aromatic carbocycles. The fourth-order valence-electron chi connectivity index (χ4n) is 2.72. The molecule has 5 nitrogen and oxygen atoms in total. The first-order chi connectivity index (χ1) is 9.93. The van der Waals surface area contributed by atoms with Crippen molar-refractivity contribution in [3.63, 3.8) is 0 Å². The summed E-state index contributed by atoms with van der Waals surface area (Å²) in [7, 11) is 0.597. The number of rotatable bonds is 5. The summed E-state index contributed by atoms with van der Waals surface area (Å²) in [6, 6.07) is 7.19. The van der Waals surface area contributed by atoms with Crippen LogP contribution in [0.25, 0.3) is 0 Å². The van der Waals surface area contributed by atoms with Gasteiger partial charge in [-0.25, -0.2) is 8.42 Å². The fourth-order valence-corrected chi connectivity index (χ4v) is 4.27. The van der Waals surface area contributed by atoms with Crippen LogP contribution in [0.2, 0.25) is 0 Å². The average molecular weight is 311 g/mol. The number of benzene rings is 1. The second-order valence-electron chi connectivity index (χ2n) is 5.99. The number of nitrogens with zero attached hydrogens (tertiary/aromatic N) is 2. The molecule has 1 atom stereocenters. The van der Waals surface area contributed by atoms with Gasteiger partial charge in [-0.15, -0.1) is 0 Å². The van der Waals surface area contributed by atoms with Gasteiger partial charge in [0.25, 0.3) is 0 Å². The van der Waals surface area contributed by atoms with Gasteiger partial charge in [0.05, 0.1) is 4.90 Å². The van der Waals surface area contributed by atoms with Crippen LogP contribution in [0, 0.1) is 5.92 Å². The lowest BCUT2D eigenvalue weighted by Gasteiger charge is -2.31. The summed E-state index contributed by atoms with van der Waals surface area (Å²) in [5.41, 5.74) is 6.80. The maximum atomic E-state index is 12.7. The highest BCUT2D eigenvalue weighted by molar-refractivity contribution is 7.89. The second kappa shape index (κ2) is 6.87. The number of sulfonamides is 1. The largest absolute Gasteiger partial charge is 0.330 e. The molecule has 1 aliphatic rings. The van der Waals surface area contributed by atoms with Gasteiger partial charge in [-0.3, -0.25) is 0 Å². The van der Waals surface area contributed by atoms with Crippen molar-refractivity contribution < 1.29 is 8.42 Å². The highest BCUT2D eigenvalue weighted by Crippen LogP contribution is 2.23. The Morgan fingerprint density at radius 2 is 1.95 bits per heavy atom. The maximum absolute atomic E-state index is 12.7. The average Bonchev–Trinajstić information content (AvgIpc) is 2.47. The predicted molar refractivity (Wildman–Crippen MR) is 84.4 cm³/mol. The minimum atomic E-state index is -3.39. The molecule has 1 saturated heterocycles. The van der Waals surface area contributed by atoms with E-state index in [1.807, 2.05) is 26.2 Å². The van der Waals surface area contributed by atoms with Crippen molar-refractivity contribution in [3.8, 4) is 0 Å². The topological polar surface area (TPSA) is 66.6 Å². The van der Waals surface area contributed by atoms with E-state index in [4.69, 9.17) is 5.73 Å². The first-order valence-electron chi connectivity index (χ1n) is 7.37. The van der Waals surface area contributed by atoms with Crippen LogP contribution in [0.15, 0.2) is 29.2 Å². The molecule has 2 N–H and O–H groups in total. The summed E-state index contributed by atoms with van der Waals surface area (Å²) < 4.78 is 26.9. The lowest BCUT2D eigenvalue weighted by Crippen LogP contribution is -2.41. The van der Waals surface area contributed by atoms with Gasteiger partial charge >= 0.3 is 0 Å². The molecule has 0 aliphatic carbocycles. The summed E-state index contributed by atoms with van der Waals surface area (Å²) in [5, 5.41) is 0. The van der Waals surface area contributed by atoms with E-state index >= 15 is 0 Å². The van der Waals surface area contributed by atoms with Gasteiger partial charge in [0, 0.05) is 19.6 Å². The van der Waals surface area contributed by atoms with Crippen LogP contribution in [0.1, 0.15) is 18.4 Å². The van der Waals surface area contributed by atoms with Gasteiger partial charge in [-0.1, -0.05) is 12.1 Å². The molecule has 118 valence electrons. The van der Waals surface area contributed by atoms with Crippen molar-refractivity contribution in [1.82, 2.24) is 9.21 Å². The molecule has 1 aromatic rings. The van der Waals surface area contributed by atoms with Crippen LogP contribution in [0.5, 0.6) is 0 Å². The highest BCUT2D eigenvalue weighted by atomic mass is 32.2. The Morgan fingerprint density at radius 1 is 1.29 bits per heavy atom. The van der Waals surface area contributed by atoms with Crippen LogP contribution < -0.4 is 5.73 Å². The normalized spacial score (nSPS) is 20.9. The molecule has 0 aromatic heterocycles. The third-order valence-electron chi connectivity index (χ3n) is 3.87. The molecule has 1 aliphatic heterocycles. The van der Waals surface area contributed by atoms with Crippen LogP contribution in [-0.4, -0.2) is 51.4 Å². The summed E-state index contributed by atoms with van der Waals surface area (Å²) in [6.45, 7) is 2.49. The van der Waals surface area contributed by atoms with Crippen LogP contribution in [0.3, 0.4) is 0 Å². The minimum Gasteiger partial charge on any atom is -0.330 e. The number of hydrogen-bond donors (Lipinski definition) is 1. The molecule has 0 radical (unpaired) electrons. The Balaban J connectivity index is 2.15. The molecule has 21 heavy (non-hydrogen) atoms. The van der Waals surface area contributed by atoms with Crippen molar-refractivity contribution in [3.05, 3.63) is 29.8 Å². The Bertz CT molecular complexity index is 555. The van der Waals surface area contributed by atoms with E-state index < -0.39 is 10.0 Å². The zero-order valence-electron chi connectivity index (χ0n) is 12.8. The molecule has 1 heterocycles. The quantitative estimate of drug-likeness (QED) is 0.884. The van der Waals surface area contributed by atoms with E-state index in [1.165, 1.54) is 0 Å². The monoisotopic (exact) mass is 311 g/mol. The van der Waals surface area contributed by atoms with Crippen LogP contribution in [-0.2, 0) is 16.6 Å². The Morgan fingerprint density at radius 3 is 2.52 bits per heavy atom. The van der Waals surface area contributed by atoms with E-state index in [1.54, 1.807) is 16.4 Å². The smallest absolute Gasteiger partial charge is 0.243 e. The van der Waals surface area contributed by atoms with Crippen molar-refractivity contribution in [2.24, 2.45) is 11.7 Å². The Labute approximate surface area is 127 Å². The van der Waals surface area contributed by atoms with Gasteiger partial charge in [0.1, 0.15) is 0 Å². The highest BCUT2D eigenvalue weighted by Gasteiger charge is 2.29. The molecule has 0 bridgehead atoms. The molecule has 1 unspecified atom stereocenters. The maximum Gasteiger partial charge on any atom is 0.243 e. The Hall–Kier alpha value is -0.950. The molecular weight excluding hydrogens is 286 g/mol. The molecule has 6 heteroatoms.